The molecule has 0 saturated heterocycles. The normalized spacial score (nSPS) is 24.3. The Morgan fingerprint density at radius 1 is 1.33 bits per heavy atom. The predicted octanol–water partition coefficient (Wildman–Crippen LogP) is 1.91. The monoisotopic (exact) mass is 253 g/mol. The molecule has 0 aromatic carbocycles. The summed E-state index contributed by atoms with van der Waals surface area (Å²) in [5.74, 6) is 2.54. The molecule has 1 aliphatic carbocycles. The molecule has 5 nitrogen and oxygen atoms in total. The Labute approximate surface area is 108 Å². The standard InChI is InChI=1S/C13H23N3O2/c1-2-13-15-12(16-18-13)9-17-8-11-6-4-3-5-10(11)7-14/h10-11H,2-9,14H2,1H3. The van der Waals surface area contributed by atoms with Crippen LogP contribution < -0.4 is 5.73 Å². The molecule has 102 valence electrons. The molecular formula is C13H23N3O2. The minimum atomic E-state index is 0.442. The van der Waals surface area contributed by atoms with Crippen molar-refractivity contribution in [2.24, 2.45) is 17.6 Å². The summed E-state index contributed by atoms with van der Waals surface area (Å²) in [4.78, 5) is 4.22. The van der Waals surface area contributed by atoms with Crippen LogP contribution >= 0.6 is 0 Å². The van der Waals surface area contributed by atoms with Crippen LogP contribution in [0.3, 0.4) is 0 Å². The second-order valence-corrected chi connectivity index (χ2v) is 5.01. The molecule has 1 aromatic rings. The van der Waals surface area contributed by atoms with E-state index in [0.717, 1.165) is 19.6 Å². The number of rotatable bonds is 6. The highest BCUT2D eigenvalue weighted by Crippen LogP contribution is 2.29. The van der Waals surface area contributed by atoms with Crippen molar-refractivity contribution in [2.75, 3.05) is 13.2 Å². The van der Waals surface area contributed by atoms with E-state index >= 15 is 0 Å². The van der Waals surface area contributed by atoms with Gasteiger partial charge in [-0.3, -0.25) is 0 Å². The Morgan fingerprint density at radius 3 is 2.78 bits per heavy atom. The molecule has 2 atom stereocenters. The molecule has 0 radical (unpaired) electrons. The largest absolute Gasteiger partial charge is 0.373 e. The van der Waals surface area contributed by atoms with Gasteiger partial charge in [0.25, 0.3) is 0 Å². The maximum Gasteiger partial charge on any atom is 0.226 e. The third-order valence-electron chi connectivity index (χ3n) is 3.74. The van der Waals surface area contributed by atoms with E-state index in [-0.39, 0.29) is 0 Å². The summed E-state index contributed by atoms with van der Waals surface area (Å²) in [6.07, 6.45) is 5.85. The van der Waals surface area contributed by atoms with E-state index in [1.807, 2.05) is 6.92 Å². The van der Waals surface area contributed by atoms with Gasteiger partial charge in [0, 0.05) is 6.42 Å². The van der Waals surface area contributed by atoms with Crippen molar-refractivity contribution < 1.29 is 9.26 Å². The molecule has 1 saturated carbocycles. The van der Waals surface area contributed by atoms with Crippen molar-refractivity contribution in [3.63, 3.8) is 0 Å². The van der Waals surface area contributed by atoms with Gasteiger partial charge in [-0.25, -0.2) is 0 Å². The molecule has 1 fully saturated rings. The van der Waals surface area contributed by atoms with Gasteiger partial charge in [0.2, 0.25) is 5.89 Å². The second-order valence-electron chi connectivity index (χ2n) is 5.01. The van der Waals surface area contributed by atoms with E-state index in [1.165, 1.54) is 25.7 Å². The highest BCUT2D eigenvalue weighted by molar-refractivity contribution is 4.83. The molecule has 5 heteroatoms. The maximum atomic E-state index is 5.80. The second kappa shape index (κ2) is 6.85. The topological polar surface area (TPSA) is 74.2 Å². The fraction of sp³-hybridized carbons (Fsp3) is 0.846. The van der Waals surface area contributed by atoms with Crippen LogP contribution in [0.15, 0.2) is 4.52 Å². The van der Waals surface area contributed by atoms with Gasteiger partial charge in [0.15, 0.2) is 5.82 Å². The lowest BCUT2D eigenvalue weighted by molar-refractivity contribution is 0.0472. The average Bonchev–Trinajstić information content (AvgIpc) is 2.87. The van der Waals surface area contributed by atoms with Crippen molar-refractivity contribution in [3.05, 3.63) is 11.7 Å². The number of hydrogen-bond donors (Lipinski definition) is 1. The van der Waals surface area contributed by atoms with Gasteiger partial charge in [0.1, 0.15) is 6.61 Å². The summed E-state index contributed by atoms with van der Waals surface area (Å²) in [5.41, 5.74) is 5.80. The van der Waals surface area contributed by atoms with Crippen LogP contribution in [0.1, 0.15) is 44.3 Å². The lowest BCUT2D eigenvalue weighted by Gasteiger charge is -2.30. The molecule has 18 heavy (non-hydrogen) atoms. The minimum absolute atomic E-state index is 0.442. The highest BCUT2D eigenvalue weighted by atomic mass is 16.5. The van der Waals surface area contributed by atoms with Crippen molar-refractivity contribution in [3.8, 4) is 0 Å². The fourth-order valence-electron chi connectivity index (χ4n) is 2.61. The quantitative estimate of drug-likeness (QED) is 0.838. The third kappa shape index (κ3) is 3.53. The molecule has 2 unspecified atom stereocenters. The van der Waals surface area contributed by atoms with Crippen LogP contribution in [0, 0.1) is 11.8 Å². The van der Waals surface area contributed by atoms with Gasteiger partial charge in [-0.2, -0.15) is 4.98 Å². The average molecular weight is 253 g/mol. The Balaban J connectivity index is 1.73. The number of nitrogens with two attached hydrogens (primary N) is 1. The van der Waals surface area contributed by atoms with E-state index in [4.69, 9.17) is 15.0 Å². The number of aromatic nitrogens is 2. The molecule has 0 amide bonds. The van der Waals surface area contributed by atoms with Crippen LogP contribution in [0.4, 0.5) is 0 Å². The molecule has 0 aliphatic heterocycles. The van der Waals surface area contributed by atoms with Gasteiger partial charge in [-0.05, 0) is 31.2 Å². The smallest absolute Gasteiger partial charge is 0.226 e. The fourth-order valence-corrected chi connectivity index (χ4v) is 2.61. The first-order valence-electron chi connectivity index (χ1n) is 6.92. The number of nitrogens with zero attached hydrogens (tertiary/aromatic N) is 2. The lowest BCUT2D eigenvalue weighted by atomic mass is 9.80. The summed E-state index contributed by atoms with van der Waals surface area (Å²) < 4.78 is 10.7. The predicted molar refractivity (Wildman–Crippen MR) is 67.8 cm³/mol. The molecular weight excluding hydrogens is 230 g/mol. The summed E-state index contributed by atoms with van der Waals surface area (Å²) in [5, 5.41) is 3.87. The molecule has 0 spiro atoms. The van der Waals surface area contributed by atoms with Crippen LogP contribution in [-0.2, 0) is 17.8 Å². The number of aryl methyl sites for hydroxylation is 1. The molecule has 2 N–H and O–H groups in total. The van der Waals surface area contributed by atoms with Gasteiger partial charge in [-0.1, -0.05) is 24.9 Å². The van der Waals surface area contributed by atoms with E-state index in [2.05, 4.69) is 10.1 Å². The van der Waals surface area contributed by atoms with Crippen molar-refractivity contribution in [1.82, 2.24) is 10.1 Å². The first kappa shape index (κ1) is 13.5. The molecule has 1 aromatic heterocycles. The van der Waals surface area contributed by atoms with Crippen LogP contribution in [-0.4, -0.2) is 23.3 Å². The van der Waals surface area contributed by atoms with Crippen LogP contribution in [0.2, 0.25) is 0 Å². The zero-order valence-electron chi connectivity index (χ0n) is 11.1. The molecule has 0 bridgehead atoms. The lowest BCUT2D eigenvalue weighted by Crippen LogP contribution is -2.29. The zero-order chi connectivity index (χ0) is 12.8. The maximum absolute atomic E-state index is 5.80. The summed E-state index contributed by atoms with van der Waals surface area (Å²) in [7, 11) is 0. The Bertz CT molecular complexity index is 354. The van der Waals surface area contributed by atoms with E-state index in [1.54, 1.807) is 0 Å². The van der Waals surface area contributed by atoms with Crippen LogP contribution in [0.5, 0.6) is 0 Å². The van der Waals surface area contributed by atoms with Gasteiger partial charge in [-0.15, -0.1) is 0 Å². The Morgan fingerprint density at radius 2 is 2.11 bits per heavy atom. The number of hydrogen-bond acceptors (Lipinski definition) is 5. The van der Waals surface area contributed by atoms with Crippen molar-refractivity contribution in [1.29, 1.82) is 0 Å². The first-order chi connectivity index (χ1) is 8.83. The summed E-state index contributed by atoms with van der Waals surface area (Å²) in [6, 6.07) is 0. The Hall–Kier alpha value is -0.940. The molecule has 1 aliphatic rings. The van der Waals surface area contributed by atoms with E-state index in [9.17, 15) is 0 Å². The summed E-state index contributed by atoms with van der Waals surface area (Å²) >= 11 is 0. The zero-order valence-corrected chi connectivity index (χ0v) is 11.1. The van der Waals surface area contributed by atoms with Gasteiger partial charge in [0.05, 0.1) is 6.61 Å². The molecule has 2 rings (SSSR count). The van der Waals surface area contributed by atoms with Crippen molar-refractivity contribution >= 4 is 0 Å². The third-order valence-corrected chi connectivity index (χ3v) is 3.74. The van der Waals surface area contributed by atoms with Gasteiger partial charge < -0.3 is 15.0 Å². The van der Waals surface area contributed by atoms with E-state index in [0.29, 0.717) is 30.2 Å². The van der Waals surface area contributed by atoms with Gasteiger partial charge >= 0.3 is 0 Å². The minimum Gasteiger partial charge on any atom is -0.373 e. The Kier molecular flexibility index (Phi) is 5.13. The molecule has 1 heterocycles. The van der Waals surface area contributed by atoms with Crippen molar-refractivity contribution in [2.45, 2.75) is 45.6 Å². The van der Waals surface area contributed by atoms with E-state index < -0.39 is 0 Å². The van der Waals surface area contributed by atoms with Crippen LogP contribution in [0.25, 0.3) is 0 Å². The first-order valence-corrected chi connectivity index (χ1v) is 6.92. The highest BCUT2D eigenvalue weighted by Gasteiger charge is 2.24. The SMILES string of the molecule is CCc1nc(COCC2CCCCC2CN)no1. The number of ether oxygens (including phenoxy) is 1. The summed E-state index contributed by atoms with van der Waals surface area (Å²) in [6.45, 7) is 3.97.